The SMILES string of the molecule is FC(F)(F)c1cccc(Cn2cc(NC(=S)Nc3ccc(Cl)cc3Cl)cn2)c1. The van der Waals surface area contributed by atoms with E-state index in [1.54, 1.807) is 30.5 Å². The summed E-state index contributed by atoms with van der Waals surface area (Å²) in [5.41, 5.74) is 0.952. The van der Waals surface area contributed by atoms with Gasteiger partial charge in [-0.1, -0.05) is 35.3 Å². The van der Waals surface area contributed by atoms with Crippen LogP contribution in [0.1, 0.15) is 11.1 Å². The van der Waals surface area contributed by atoms with Gasteiger partial charge in [0.2, 0.25) is 0 Å². The first-order valence-electron chi connectivity index (χ1n) is 7.92. The average Bonchev–Trinajstić information content (AvgIpc) is 3.03. The third kappa shape index (κ3) is 5.37. The van der Waals surface area contributed by atoms with E-state index in [-0.39, 0.29) is 11.7 Å². The molecule has 10 heteroatoms. The van der Waals surface area contributed by atoms with Crippen LogP contribution in [0.25, 0.3) is 0 Å². The third-order valence-corrected chi connectivity index (χ3v) is 4.42. The summed E-state index contributed by atoms with van der Waals surface area (Å²) in [5.74, 6) is 0. The normalized spacial score (nSPS) is 11.3. The maximum absolute atomic E-state index is 12.8. The minimum atomic E-state index is -4.38. The Balaban J connectivity index is 1.63. The van der Waals surface area contributed by atoms with Crippen molar-refractivity contribution in [2.45, 2.75) is 12.7 Å². The molecule has 0 unspecified atom stereocenters. The summed E-state index contributed by atoms with van der Waals surface area (Å²) in [6, 6.07) is 10.1. The van der Waals surface area contributed by atoms with Gasteiger partial charge in [0, 0.05) is 11.2 Å². The number of halogens is 5. The average molecular weight is 445 g/mol. The zero-order chi connectivity index (χ0) is 20.3. The molecule has 1 aromatic heterocycles. The predicted molar refractivity (Wildman–Crippen MR) is 109 cm³/mol. The lowest BCUT2D eigenvalue weighted by atomic mass is 10.1. The fraction of sp³-hybridized carbons (Fsp3) is 0.111. The quantitative estimate of drug-likeness (QED) is 0.479. The largest absolute Gasteiger partial charge is 0.416 e. The first kappa shape index (κ1) is 20.4. The Hall–Kier alpha value is -2.29. The molecule has 0 saturated heterocycles. The van der Waals surface area contributed by atoms with Crippen LogP contribution in [0.4, 0.5) is 24.5 Å². The Kier molecular flexibility index (Phi) is 6.12. The van der Waals surface area contributed by atoms with Crippen molar-refractivity contribution in [2.24, 2.45) is 0 Å². The van der Waals surface area contributed by atoms with Gasteiger partial charge in [-0.05, 0) is 48.1 Å². The lowest BCUT2D eigenvalue weighted by molar-refractivity contribution is -0.137. The molecule has 0 aliphatic carbocycles. The molecule has 0 spiro atoms. The summed E-state index contributed by atoms with van der Waals surface area (Å²) in [4.78, 5) is 0. The summed E-state index contributed by atoms with van der Waals surface area (Å²) in [7, 11) is 0. The van der Waals surface area contributed by atoms with Gasteiger partial charge in [-0.3, -0.25) is 4.68 Å². The molecular formula is C18H13Cl2F3N4S. The van der Waals surface area contributed by atoms with Crippen molar-refractivity contribution in [1.82, 2.24) is 9.78 Å². The van der Waals surface area contributed by atoms with Crippen LogP contribution in [0.2, 0.25) is 10.0 Å². The molecule has 1 heterocycles. The monoisotopic (exact) mass is 444 g/mol. The highest BCUT2D eigenvalue weighted by Gasteiger charge is 2.30. The first-order valence-corrected chi connectivity index (χ1v) is 9.09. The molecule has 2 N–H and O–H groups in total. The number of rotatable bonds is 4. The van der Waals surface area contributed by atoms with Gasteiger partial charge in [0.1, 0.15) is 0 Å². The Morgan fingerprint density at radius 2 is 1.89 bits per heavy atom. The second-order valence-corrected chi connectivity index (χ2v) is 7.08. The number of benzene rings is 2. The van der Waals surface area contributed by atoms with E-state index in [0.717, 1.165) is 12.1 Å². The minimum absolute atomic E-state index is 0.189. The summed E-state index contributed by atoms with van der Waals surface area (Å²) in [5, 5.41) is 11.2. The highest BCUT2D eigenvalue weighted by Crippen LogP contribution is 2.29. The van der Waals surface area contributed by atoms with E-state index in [4.69, 9.17) is 35.4 Å². The van der Waals surface area contributed by atoms with Crippen LogP contribution >= 0.6 is 35.4 Å². The summed E-state index contributed by atoms with van der Waals surface area (Å²) < 4.78 is 39.9. The molecule has 0 radical (unpaired) electrons. The number of nitrogens with zero attached hydrogens (tertiary/aromatic N) is 2. The molecule has 0 aliphatic rings. The number of hydrogen-bond acceptors (Lipinski definition) is 2. The number of nitrogens with one attached hydrogen (secondary N) is 2. The zero-order valence-electron chi connectivity index (χ0n) is 14.1. The minimum Gasteiger partial charge on any atom is -0.331 e. The molecule has 2 aromatic carbocycles. The summed E-state index contributed by atoms with van der Waals surface area (Å²) in [6.07, 6.45) is -1.23. The van der Waals surface area contributed by atoms with Crippen LogP contribution in [-0.2, 0) is 12.7 Å². The molecule has 3 rings (SSSR count). The highest BCUT2D eigenvalue weighted by atomic mass is 35.5. The van der Waals surface area contributed by atoms with Gasteiger partial charge >= 0.3 is 6.18 Å². The van der Waals surface area contributed by atoms with Crippen LogP contribution in [0.5, 0.6) is 0 Å². The molecule has 0 aliphatic heterocycles. The third-order valence-electron chi connectivity index (χ3n) is 3.67. The fourth-order valence-electron chi connectivity index (χ4n) is 2.42. The van der Waals surface area contributed by atoms with Crippen LogP contribution in [0, 0.1) is 0 Å². The van der Waals surface area contributed by atoms with Crippen molar-refractivity contribution in [3.05, 3.63) is 76.0 Å². The first-order chi connectivity index (χ1) is 13.2. The maximum Gasteiger partial charge on any atom is 0.416 e. The molecule has 28 heavy (non-hydrogen) atoms. The van der Waals surface area contributed by atoms with Crippen molar-refractivity contribution in [1.29, 1.82) is 0 Å². The van der Waals surface area contributed by atoms with E-state index in [1.807, 2.05) is 0 Å². The summed E-state index contributed by atoms with van der Waals surface area (Å²) in [6.45, 7) is 0.189. The molecule has 0 atom stereocenters. The van der Waals surface area contributed by atoms with Gasteiger partial charge in [0.25, 0.3) is 0 Å². The van der Waals surface area contributed by atoms with E-state index in [2.05, 4.69) is 15.7 Å². The zero-order valence-corrected chi connectivity index (χ0v) is 16.4. The van der Waals surface area contributed by atoms with Crippen molar-refractivity contribution in [3.8, 4) is 0 Å². The van der Waals surface area contributed by atoms with Crippen molar-refractivity contribution >= 4 is 51.9 Å². The van der Waals surface area contributed by atoms with Gasteiger partial charge in [0.05, 0.1) is 34.7 Å². The van der Waals surface area contributed by atoms with Gasteiger partial charge < -0.3 is 10.6 Å². The molecule has 0 saturated carbocycles. The lowest BCUT2D eigenvalue weighted by Gasteiger charge is -2.10. The van der Waals surface area contributed by atoms with Gasteiger partial charge in [-0.2, -0.15) is 18.3 Å². The topological polar surface area (TPSA) is 41.9 Å². The standard InChI is InChI=1S/C18H13Cl2F3N4S/c19-13-4-5-16(15(20)7-13)26-17(28)25-14-8-24-27(10-14)9-11-2-1-3-12(6-11)18(21,22)23/h1-8,10H,9H2,(H2,25,26,28). The van der Waals surface area contributed by atoms with Gasteiger partial charge in [0.15, 0.2) is 5.11 Å². The van der Waals surface area contributed by atoms with Gasteiger partial charge in [-0.25, -0.2) is 0 Å². The van der Waals surface area contributed by atoms with E-state index >= 15 is 0 Å². The Bertz CT molecular complexity index is 1000. The van der Waals surface area contributed by atoms with Crippen LogP contribution in [0.3, 0.4) is 0 Å². The molecule has 0 amide bonds. The van der Waals surface area contributed by atoms with E-state index in [0.29, 0.717) is 27.0 Å². The van der Waals surface area contributed by atoms with E-state index < -0.39 is 11.7 Å². The molecule has 146 valence electrons. The second-order valence-electron chi connectivity index (χ2n) is 5.83. The molecule has 0 bridgehead atoms. The van der Waals surface area contributed by atoms with Crippen LogP contribution in [-0.4, -0.2) is 14.9 Å². The number of anilines is 2. The van der Waals surface area contributed by atoms with Crippen LogP contribution in [0.15, 0.2) is 54.9 Å². The number of alkyl halides is 3. The van der Waals surface area contributed by atoms with E-state index in [1.165, 1.54) is 16.9 Å². The fourth-order valence-corrected chi connectivity index (χ4v) is 3.11. The lowest BCUT2D eigenvalue weighted by Crippen LogP contribution is -2.19. The van der Waals surface area contributed by atoms with Crippen LogP contribution < -0.4 is 10.6 Å². The van der Waals surface area contributed by atoms with Crippen molar-refractivity contribution < 1.29 is 13.2 Å². The molecule has 4 nitrogen and oxygen atoms in total. The number of hydrogen-bond donors (Lipinski definition) is 2. The van der Waals surface area contributed by atoms with Crippen molar-refractivity contribution in [3.63, 3.8) is 0 Å². The molecular weight excluding hydrogens is 432 g/mol. The number of thiocarbonyl (C=S) groups is 1. The Morgan fingerprint density at radius 1 is 1.11 bits per heavy atom. The number of aromatic nitrogens is 2. The highest BCUT2D eigenvalue weighted by molar-refractivity contribution is 7.80. The predicted octanol–water partition coefficient (Wildman–Crippen LogP) is 6.07. The summed E-state index contributed by atoms with van der Waals surface area (Å²) >= 11 is 17.2. The van der Waals surface area contributed by atoms with E-state index in [9.17, 15) is 13.2 Å². The molecule has 0 fully saturated rings. The Morgan fingerprint density at radius 3 is 2.61 bits per heavy atom. The smallest absolute Gasteiger partial charge is 0.331 e. The van der Waals surface area contributed by atoms with Gasteiger partial charge in [-0.15, -0.1) is 0 Å². The Labute approximate surface area is 174 Å². The maximum atomic E-state index is 12.8. The molecule has 3 aromatic rings. The second kappa shape index (κ2) is 8.38. The van der Waals surface area contributed by atoms with Crippen molar-refractivity contribution in [2.75, 3.05) is 10.6 Å².